The molecular weight excluding hydrogens is 659 g/mol. The highest BCUT2D eigenvalue weighted by Crippen LogP contribution is 2.62. The fourth-order valence-corrected chi connectivity index (χ4v) is 3.28. The minimum Gasteiger partial charge on any atom is -0.382 e. The molecule has 0 N–H and O–H groups in total. The molecule has 0 saturated heterocycles. The van der Waals surface area contributed by atoms with Crippen molar-refractivity contribution in [3.63, 3.8) is 0 Å². The number of carbonyl (C=O) groups is 1. The van der Waals surface area contributed by atoms with E-state index >= 15 is 0 Å². The Kier molecular flexibility index (Phi) is 10.8. The third-order valence-corrected chi connectivity index (χ3v) is 5.80. The van der Waals surface area contributed by atoms with Gasteiger partial charge in [-0.2, -0.15) is 65.9 Å². The average molecular weight is 677 g/mol. The highest BCUT2D eigenvalue weighted by Gasteiger charge is 2.94. The van der Waals surface area contributed by atoms with Crippen LogP contribution in [0.4, 0.5) is 71.5 Å². The van der Waals surface area contributed by atoms with Gasteiger partial charge < -0.3 is 9.47 Å². The maximum Gasteiger partial charge on any atom is 0.460 e. The number of amides is 1. The predicted octanol–water partition coefficient (Wildman–Crippen LogP) is 7.41. The molecule has 0 radical (unpaired) electrons. The Morgan fingerprint density at radius 1 is 0.644 bits per heavy atom. The summed E-state index contributed by atoms with van der Waals surface area (Å²) >= 11 is 0. The van der Waals surface area contributed by atoms with E-state index in [0.29, 0.717) is 6.07 Å². The lowest BCUT2D eigenvalue weighted by Crippen LogP contribution is -2.74. The van der Waals surface area contributed by atoms with Gasteiger partial charge in [-0.15, -0.1) is 0 Å². The molecule has 2 aromatic rings. The molecule has 0 aliphatic rings. The molecule has 0 aliphatic heterocycles. The monoisotopic (exact) mass is 677 g/mol. The molecule has 2 rings (SSSR count). The molecule has 1 amide bonds. The zero-order valence-electron chi connectivity index (χ0n) is 22.2. The molecule has 0 bridgehead atoms. The van der Waals surface area contributed by atoms with Crippen molar-refractivity contribution >= 4 is 11.6 Å². The number of methoxy groups -OCH3 is 1. The summed E-state index contributed by atoms with van der Waals surface area (Å²) in [6.45, 7) is -2.51. The molecule has 0 spiro atoms. The lowest BCUT2D eigenvalue weighted by atomic mass is 9.90. The summed E-state index contributed by atoms with van der Waals surface area (Å²) in [7, 11) is 1.09. The number of para-hydroxylation sites is 1. The quantitative estimate of drug-likeness (QED) is 0.102. The molecule has 4 nitrogen and oxygen atoms in total. The van der Waals surface area contributed by atoms with E-state index < -0.39 is 77.1 Å². The van der Waals surface area contributed by atoms with Gasteiger partial charge in [0.15, 0.2) is 0 Å². The van der Waals surface area contributed by atoms with Gasteiger partial charge in [-0.05, 0) is 24.3 Å². The molecule has 250 valence electrons. The smallest absolute Gasteiger partial charge is 0.382 e. The first-order valence-electron chi connectivity index (χ1n) is 11.8. The molecule has 19 heteroatoms. The van der Waals surface area contributed by atoms with E-state index in [0.717, 1.165) is 25.3 Å². The molecule has 0 unspecified atom stereocenters. The minimum atomic E-state index is -8.54. The van der Waals surface area contributed by atoms with Crippen LogP contribution in [0.5, 0.6) is 0 Å². The lowest BCUT2D eigenvalue weighted by Gasteiger charge is -2.41. The lowest BCUT2D eigenvalue weighted by molar-refractivity contribution is -0.449. The van der Waals surface area contributed by atoms with E-state index in [2.05, 4.69) is 16.6 Å². The Hall–Kier alpha value is -3.66. The fraction of sp³-hybridized carbons (Fsp3) is 0.423. The molecular formula is C26H18F15NO3. The zero-order chi connectivity index (χ0) is 34.7. The molecule has 0 atom stereocenters. The number of hydrogen-bond donors (Lipinski definition) is 0. The number of carbonyl (C=O) groups excluding carboxylic acids is 1. The topological polar surface area (TPSA) is 38.8 Å². The van der Waals surface area contributed by atoms with Gasteiger partial charge in [0.05, 0.1) is 18.9 Å². The molecule has 45 heavy (non-hydrogen) atoms. The van der Waals surface area contributed by atoms with Crippen molar-refractivity contribution in [2.75, 3.05) is 32.0 Å². The summed E-state index contributed by atoms with van der Waals surface area (Å²) in [5, 5.41) is 0. The average Bonchev–Trinajstić information content (AvgIpc) is 2.95. The van der Waals surface area contributed by atoms with Gasteiger partial charge in [-0.3, -0.25) is 9.69 Å². The summed E-state index contributed by atoms with van der Waals surface area (Å²) < 4.78 is 215. The largest absolute Gasteiger partial charge is 0.460 e. The van der Waals surface area contributed by atoms with Crippen molar-refractivity contribution in [3.05, 3.63) is 65.7 Å². The molecule has 0 saturated carbocycles. The first-order chi connectivity index (χ1) is 20.4. The summed E-state index contributed by atoms with van der Waals surface area (Å²) in [6, 6.07) is 11.3. The summed E-state index contributed by atoms with van der Waals surface area (Å²) in [5.41, 5.74) is -1.13. The van der Waals surface area contributed by atoms with Crippen molar-refractivity contribution in [1.82, 2.24) is 0 Å². The summed E-state index contributed by atoms with van der Waals surface area (Å²) in [5.74, 6) is -47.5. The Balaban J connectivity index is 2.68. The van der Waals surface area contributed by atoms with Crippen LogP contribution in [0.2, 0.25) is 0 Å². The molecule has 0 aliphatic carbocycles. The van der Waals surface area contributed by atoms with E-state index in [1.165, 1.54) is 24.3 Å². The summed E-state index contributed by atoms with van der Waals surface area (Å²) in [6.07, 6.45) is -7.75. The van der Waals surface area contributed by atoms with Crippen molar-refractivity contribution in [3.8, 4) is 11.8 Å². The van der Waals surface area contributed by atoms with E-state index in [1.54, 1.807) is 6.07 Å². The molecule has 2 aromatic carbocycles. The Bertz CT molecular complexity index is 1380. The predicted molar refractivity (Wildman–Crippen MR) is 125 cm³/mol. The third-order valence-electron chi connectivity index (χ3n) is 5.80. The number of rotatable bonds is 12. The van der Waals surface area contributed by atoms with Gasteiger partial charge in [-0.1, -0.05) is 42.2 Å². The second-order valence-corrected chi connectivity index (χ2v) is 8.84. The van der Waals surface area contributed by atoms with Crippen LogP contribution < -0.4 is 4.90 Å². The van der Waals surface area contributed by atoms with Gasteiger partial charge in [0.1, 0.15) is 6.73 Å². The van der Waals surface area contributed by atoms with Crippen LogP contribution in [0, 0.1) is 11.8 Å². The molecule has 0 aromatic heterocycles. The highest BCUT2D eigenvalue weighted by molar-refractivity contribution is 6.00. The van der Waals surface area contributed by atoms with E-state index in [4.69, 9.17) is 4.74 Å². The van der Waals surface area contributed by atoms with Crippen LogP contribution in [0.1, 0.15) is 11.1 Å². The van der Waals surface area contributed by atoms with Crippen LogP contribution in [-0.4, -0.2) is 74.7 Å². The van der Waals surface area contributed by atoms with Crippen molar-refractivity contribution < 1.29 is 80.1 Å². The Morgan fingerprint density at radius 2 is 1.13 bits per heavy atom. The number of anilines is 1. The second-order valence-electron chi connectivity index (χ2n) is 8.84. The minimum absolute atomic E-state index is 0.261. The van der Waals surface area contributed by atoms with Crippen molar-refractivity contribution in [1.29, 1.82) is 0 Å². The standard InChI is InChI=1S/C26H18F15NO3/c1-44-13-14-45-15-42(18-10-6-5-9-17(18)12-11-16-7-3-2-4-8-16)19(43)20(27,28)21(29,30)22(31,32)23(33,34)24(35,36)25(37,38)26(39,40)41/h2-10H,13-15H2,1H3. The maximum absolute atomic E-state index is 14.9. The van der Waals surface area contributed by atoms with E-state index in [9.17, 15) is 70.7 Å². The fourth-order valence-electron chi connectivity index (χ4n) is 3.28. The number of benzene rings is 2. The number of halogens is 15. The third kappa shape index (κ3) is 6.66. The van der Waals surface area contributed by atoms with Crippen molar-refractivity contribution in [2.24, 2.45) is 0 Å². The van der Waals surface area contributed by atoms with Crippen LogP contribution in [-0.2, 0) is 14.3 Å². The molecule has 0 fully saturated rings. The van der Waals surface area contributed by atoms with Gasteiger partial charge in [0, 0.05) is 18.2 Å². The number of ether oxygens (including phenoxy) is 2. The highest BCUT2D eigenvalue weighted by atomic mass is 19.4. The SMILES string of the molecule is COCCOCN(C(=O)C(F)(F)C(F)(F)C(F)(F)C(F)(F)C(F)(F)C(F)(F)C(F)(F)F)c1ccccc1C#Cc1ccccc1. The van der Waals surface area contributed by atoms with Crippen LogP contribution >= 0.6 is 0 Å². The van der Waals surface area contributed by atoms with Crippen LogP contribution in [0.15, 0.2) is 54.6 Å². The van der Waals surface area contributed by atoms with Crippen LogP contribution in [0.25, 0.3) is 0 Å². The number of hydrogen-bond acceptors (Lipinski definition) is 3. The van der Waals surface area contributed by atoms with Gasteiger partial charge in [0.2, 0.25) is 0 Å². The first-order valence-corrected chi connectivity index (χ1v) is 11.8. The zero-order valence-corrected chi connectivity index (χ0v) is 22.2. The maximum atomic E-state index is 14.9. The first kappa shape index (κ1) is 37.5. The van der Waals surface area contributed by atoms with Gasteiger partial charge in [-0.25, -0.2) is 0 Å². The Morgan fingerprint density at radius 3 is 1.67 bits per heavy atom. The Labute approximate surface area is 243 Å². The number of alkyl halides is 15. The normalized spacial score (nSPS) is 13.7. The van der Waals surface area contributed by atoms with Crippen LogP contribution in [0.3, 0.4) is 0 Å². The summed E-state index contributed by atoms with van der Waals surface area (Å²) in [4.78, 5) is 12.2. The second kappa shape index (κ2) is 13.0. The van der Waals surface area contributed by atoms with E-state index in [1.807, 2.05) is 0 Å². The van der Waals surface area contributed by atoms with E-state index in [-0.39, 0.29) is 12.2 Å². The number of nitrogens with zero attached hydrogens (tertiary/aromatic N) is 1. The van der Waals surface area contributed by atoms with Gasteiger partial charge >= 0.3 is 47.6 Å². The molecule has 0 heterocycles. The van der Waals surface area contributed by atoms with Gasteiger partial charge in [0.25, 0.3) is 0 Å². The van der Waals surface area contributed by atoms with Crippen molar-refractivity contribution in [2.45, 2.75) is 41.7 Å².